The highest BCUT2D eigenvalue weighted by Crippen LogP contribution is 2.23. The predicted molar refractivity (Wildman–Crippen MR) is 85.4 cm³/mol. The highest BCUT2D eigenvalue weighted by Gasteiger charge is 2.04. The topological polar surface area (TPSA) is 41.1 Å². The second kappa shape index (κ2) is 10.1. The molecule has 1 rings (SSSR count). The van der Waals surface area contributed by atoms with Crippen molar-refractivity contribution >= 4 is 30.1 Å². The van der Waals surface area contributed by atoms with E-state index in [9.17, 15) is 4.79 Å². The average molecular weight is 303 g/mol. The van der Waals surface area contributed by atoms with Crippen molar-refractivity contribution in [2.45, 2.75) is 25.2 Å². The third kappa shape index (κ3) is 7.45. The van der Waals surface area contributed by atoms with Crippen LogP contribution in [0.25, 0.3) is 0 Å². The third-order valence-electron chi connectivity index (χ3n) is 2.63. The second-order valence-corrected chi connectivity index (χ2v) is 5.38. The molecule has 0 unspecified atom stereocenters. The fraction of sp³-hybridized carbons (Fsp3) is 0.500. The summed E-state index contributed by atoms with van der Waals surface area (Å²) in [4.78, 5) is 12.8. The summed E-state index contributed by atoms with van der Waals surface area (Å²) in [7, 11) is 1.91. The molecule has 1 aromatic carbocycles. The van der Waals surface area contributed by atoms with Crippen LogP contribution in [0.4, 0.5) is 0 Å². The number of rotatable bonds is 7. The Morgan fingerprint density at radius 1 is 1.26 bits per heavy atom. The summed E-state index contributed by atoms with van der Waals surface area (Å²) in [6, 6.07) is 6.33. The van der Waals surface area contributed by atoms with Crippen molar-refractivity contribution in [3.8, 4) is 0 Å². The Hall–Kier alpha value is -0.710. The first-order valence-corrected chi connectivity index (χ1v) is 7.23. The Bertz CT molecular complexity index is 399. The fourth-order valence-electron chi connectivity index (χ4n) is 1.55. The molecule has 0 heterocycles. The highest BCUT2D eigenvalue weighted by molar-refractivity contribution is 8.00. The SMILES string of the molecule is CNCCCNC(=O)CSc1cc(C)ccc1C.Cl. The number of amides is 1. The van der Waals surface area contributed by atoms with Crippen LogP contribution in [-0.2, 0) is 4.79 Å². The van der Waals surface area contributed by atoms with E-state index >= 15 is 0 Å². The van der Waals surface area contributed by atoms with E-state index < -0.39 is 0 Å². The Labute approximate surface area is 126 Å². The van der Waals surface area contributed by atoms with E-state index in [1.807, 2.05) is 7.05 Å². The molecule has 0 spiro atoms. The molecule has 1 aromatic rings. The maximum atomic E-state index is 11.6. The molecule has 0 fully saturated rings. The molecule has 0 radical (unpaired) electrons. The lowest BCUT2D eigenvalue weighted by Crippen LogP contribution is -2.28. The quantitative estimate of drug-likeness (QED) is 0.601. The number of aryl methyl sites for hydroxylation is 2. The first-order valence-electron chi connectivity index (χ1n) is 6.25. The number of thioether (sulfide) groups is 1. The van der Waals surface area contributed by atoms with Crippen molar-refractivity contribution in [3.63, 3.8) is 0 Å². The van der Waals surface area contributed by atoms with Crippen LogP contribution in [0, 0.1) is 13.8 Å². The van der Waals surface area contributed by atoms with Gasteiger partial charge >= 0.3 is 0 Å². The number of hydrogen-bond acceptors (Lipinski definition) is 3. The van der Waals surface area contributed by atoms with Gasteiger partial charge in [-0.05, 0) is 45.5 Å². The molecular formula is C14H23ClN2OS. The molecule has 0 aliphatic rings. The van der Waals surface area contributed by atoms with Crippen LogP contribution in [0.5, 0.6) is 0 Å². The Morgan fingerprint density at radius 2 is 2.00 bits per heavy atom. The number of hydrogen-bond donors (Lipinski definition) is 2. The molecule has 5 heteroatoms. The van der Waals surface area contributed by atoms with Gasteiger partial charge in [-0.15, -0.1) is 24.2 Å². The number of carbonyl (C=O) groups excluding carboxylic acids is 1. The number of carbonyl (C=O) groups is 1. The van der Waals surface area contributed by atoms with Gasteiger partial charge in [0.05, 0.1) is 5.75 Å². The smallest absolute Gasteiger partial charge is 0.230 e. The zero-order valence-electron chi connectivity index (χ0n) is 11.8. The van der Waals surface area contributed by atoms with Crippen LogP contribution < -0.4 is 10.6 Å². The lowest BCUT2D eigenvalue weighted by molar-refractivity contribution is -0.118. The maximum absolute atomic E-state index is 11.6. The van der Waals surface area contributed by atoms with Gasteiger partial charge in [0.1, 0.15) is 0 Å². The van der Waals surface area contributed by atoms with E-state index in [0.29, 0.717) is 5.75 Å². The fourth-order valence-corrected chi connectivity index (χ4v) is 2.50. The number of halogens is 1. The van der Waals surface area contributed by atoms with Crippen molar-refractivity contribution in [2.24, 2.45) is 0 Å². The summed E-state index contributed by atoms with van der Waals surface area (Å²) in [5.41, 5.74) is 2.46. The lowest BCUT2D eigenvalue weighted by atomic mass is 10.2. The first kappa shape index (κ1) is 18.3. The monoisotopic (exact) mass is 302 g/mol. The van der Waals surface area contributed by atoms with E-state index in [0.717, 1.165) is 19.5 Å². The van der Waals surface area contributed by atoms with Gasteiger partial charge in [0, 0.05) is 11.4 Å². The molecule has 0 atom stereocenters. The Morgan fingerprint density at radius 3 is 2.68 bits per heavy atom. The zero-order valence-corrected chi connectivity index (χ0v) is 13.4. The molecule has 0 aliphatic carbocycles. The van der Waals surface area contributed by atoms with Crippen molar-refractivity contribution in [3.05, 3.63) is 29.3 Å². The second-order valence-electron chi connectivity index (χ2n) is 4.36. The first-order chi connectivity index (χ1) is 8.63. The molecule has 19 heavy (non-hydrogen) atoms. The van der Waals surface area contributed by atoms with Crippen LogP contribution >= 0.6 is 24.2 Å². The van der Waals surface area contributed by atoms with Gasteiger partial charge in [0.15, 0.2) is 0 Å². The standard InChI is InChI=1S/C14H22N2OS.ClH/c1-11-5-6-12(2)13(9-11)18-10-14(17)16-8-4-7-15-3;/h5-6,9,15H,4,7-8,10H2,1-3H3,(H,16,17);1H. The van der Waals surface area contributed by atoms with E-state index in [-0.39, 0.29) is 18.3 Å². The number of nitrogens with one attached hydrogen (secondary N) is 2. The molecule has 3 nitrogen and oxygen atoms in total. The third-order valence-corrected chi connectivity index (χ3v) is 3.79. The molecule has 0 aliphatic heterocycles. The van der Waals surface area contributed by atoms with Crippen LogP contribution in [0.1, 0.15) is 17.5 Å². The lowest BCUT2D eigenvalue weighted by Gasteiger charge is -2.07. The van der Waals surface area contributed by atoms with Gasteiger partial charge in [-0.2, -0.15) is 0 Å². The van der Waals surface area contributed by atoms with Gasteiger partial charge < -0.3 is 10.6 Å². The van der Waals surface area contributed by atoms with Gasteiger partial charge in [-0.3, -0.25) is 4.79 Å². The van der Waals surface area contributed by atoms with E-state index in [4.69, 9.17) is 0 Å². The highest BCUT2D eigenvalue weighted by atomic mass is 35.5. The maximum Gasteiger partial charge on any atom is 0.230 e. The minimum absolute atomic E-state index is 0. The molecule has 1 amide bonds. The normalized spacial score (nSPS) is 9.84. The van der Waals surface area contributed by atoms with Gasteiger partial charge in [-0.1, -0.05) is 17.7 Å². The molecule has 0 aromatic heterocycles. The van der Waals surface area contributed by atoms with Gasteiger partial charge in [0.25, 0.3) is 0 Å². The van der Waals surface area contributed by atoms with Crippen LogP contribution in [-0.4, -0.2) is 31.8 Å². The number of benzene rings is 1. The predicted octanol–water partition coefficient (Wildman–Crippen LogP) is 2.54. The van der Waals surface area contributed by atoms with Crippen molar-refractivity contribution < 1.29 is 4.79 Å². The van der Waals surface area contributed by atoms with Crippen LogP contribution in [0.15, 0.2) is 23.1 Å². The van der Waals surface area contributed by atoms with E-state index in [1.165, 1.54) is 16.0 Å². The largest absolute Gasteiger partial charge is 0.355 e. The Kier molecular flexibility index (Phi) is 9.74. The van der Waals surface area contributed by atoms with E-state index in [1.54, 1.807) is 11.8 Å². The Balaban J connectivity index is 0.00000324. The molecule has 0 saturated carbocycles. The summed E-state index contributed by atoms with van der Waals surface area (Å²) in [6.45, 7) is 5.82. The average Bonchev–Trinajstić information content (AvgIpc) is 2.36. The van der Waals surface area contributed by atoms with Crippen LogP contribution in [0.2, 0.25) is 0 Å². The molecule has 0 saturated heterocycles. The summed E-state index contributed by atoms with van der Waals surface area (Å²) in [6.07, 6.45) is 0.969. The summed E-state index contributed by atoms with van der Waals surface area (Å²) in [5, 5.41) is 5.98. The van der Waals surface area contributed by atoms with Crippen molar-refractivity contribution in [1.29, 1.82) is 0 Å². The summed E-state index contributed by atoms with van der Waals surface area (Å²) >= 11 is 1.61. The van der Waals surface area contributed by atoms with Crippen molar-refractivity contribution in [2.75, 3.05) is 25.9 Å². The van der Waals surface area contributed by atoms with Crippen molar-refractivity contribution in [1.82, 2.24) is 10.6 Å². The minimum atomic E-state index is 0. The molecule has 0 bridgehead atoms. The molecule has 2 N–H and O–H groups in total. The molecular weight excluding hydrogens is 280 g/mol. The van der Waals surface area contributed by atoms with Gasteiger partial charge in [-0.25, -0.2) is 0 Å². The zero-order chi connectivity index (χ0) is 13.4. The minimum Gasteiger partial charge on any atom is -0.355 e. The van der Waals surface area contributed by atoms with Gasteiger partial charge in [0.2, 0.25) is 5.91 Å². The molecule has 108 valence electrons. The summed E-state index contributed by atoms with van der Waals surface area (Å²) < 4.78 is 0. The van der Waals surface area contributed by atoms with E-state index in [2.05, 4.69) is 42.7 Å². The summed E-state index contributed by atoms with van der Waals surface area (Å²) in [5.74, 6) is 0.598. The van der Waals surface area contributed by atoms with Crippen LogP contribution in [0.3, 0.4) is 0 Å².